The third kappa shape index (κ3) is 3.34. The summed E-state index contributed by atoms with van der Waals surface area (Å²) in [7, 11) is 1.66. The molecular formula is C20H18N2O2S2. The summed E-state index contributed by atoms with van der Waals surface area (Å²) in [6.45, 7) is 0.726. The van der Waals surface area contributed by atoms with E-state index in [0.717, 1.165) is 34.2 Å². The molecule has 4 nitrogen and oxygen atoms in total. The van der Waals surface area contributed by atoms with Crippen LogP contribution in [0.1, 0.15) is 21.4 Å². The lowest BCUT2D eigenvalue weighted by Crippen LogP contribution is -2.30. The van der Waals surface area contributed by atoms with Crippen LogP contribution < -0.4 is 4.74 Å². The van der Waals surface area contributed by atoms with Crippen LogP contribution in [-0.2, 0) is 0 Å². The summed E-state index contributed by atoms with van der Waals surface area (Å²) < 4.78 is 5.32. The highest BCUT2D eigenvalue weighted by Crippen LogP contribution is 2.40. The molecule has 2 aromatic carbocycles. The Morgan fingerprint density at radius 1 is 1.19 bits per heavy atom. The van der Waals surface area contributed by atoms with Gasteiger partial charge in [-0.25, -0.2) is 4.98 Å². The average Bonchev–Trinajstić information content (AvgIpc) is 3.38. The zero-order chi connectivity index (χ0) is 17.9. The molecule has 0 N–H and O–H groups in total. The van der Waals surface area contributed by atoms with Crippen LogP contribution in [0.2, 0.25) is 0 Å². The summed E-state index contributed by atoms with van der Waals surface area (Å²) in [5, 5.41) is 2.73. The molecule has 0 saturated carbocycles. The lowest BCUT2D eigenvalue weighted by atomic mass is 10.2. The molecule has 3 aromatic rings. The molecule has 0 spiro atoms. The van der Waals surface area contributed by atoms with E-state index in [2.05, 4.69) is 4.98 Å². The number of thioether (sulfide) groups is 1. The number of aromatic nitrogens is 1. The van der Waals surface area contributed by atoms with Gasteiger partial charge in [0.1, 0.15) is 21.8 Å². The molecule has 1 aliphatic heterocycles. The minimum Gasteiger partial charge on any atom is -0.497 e. The Morgan fingerprint density at radius 2 is 2.04 bits per heavy atom. The van der Waals surface area contributed by atoms with Crippen molar-refractivity contribution in [2.24, 2.45) is 0 Å². The predicted molar refractivity (Wildman–Crippen MR) is 107 cm³/mol. The number of thiazole rings is 1. The van der Waals surface area contributed by atoms with Crippen molar-refractivity contribution in [2.45, 2.75) is 5.37 Å². The first-order chi connectivity index (χ1) is 12.8. The number of rotatable bonds is 4. The Bertz CT molecular complexity index is 911. The molecular weight excluding hydrogens is 364 g/mol. The van der Waals surface area contributed by atoms with Gasteiger partial charge in [0.05, 0.1) is 7.11 Å². The van der Waals surface area contributed by atoms with E-state index in [0.29, 0.717) is 5.69 Å². The molecule has 0 bridgehead atoms. The maximum atomic E-state index is 13.1. The summed E-state index contributed by atoms with van der Waals surface area (Å²) in [6.07, 6.45) is 0. The first kappa shape index (κ1) is 17.1. The van der Waals surface area contributed by atoms with E-state index < -0.39 is 0 Å². The zero-order valence-corrected chi connectivity index (χ0v) is 15.9. The van der Waals surface area contributed by atoms with Gasteiger partial charge in [-0.15, -0.1) is 23.1 Å². The molecule has 1 aromatic heterocycles. The number of amides is 1. The highest BCUT2D eigenvalue weighted by atomic mass is 32.2. The van der Waals surface area contributed by atoms with Gasteiger partial charge in [-0.1, -0.05) is 42.5 Å². The lowest BCUT2D eigenvalue weighted by Gasteiger charge is -2.23. The predicted octanol–water partition coefficient (Wildman–Crippen LogP) is 4.71. The maximum absolute atomic E-state index is 13.1. The van der Waals surface area contributed by atoms with Crippen LogP contribution in [0.3, 0.4) is 0 Å². The van der Waals surface area contributed by atoms with Crippen molar-refractivity contribution in [3.05, 3.63) is 71.2 Å². The molecule has 1 atom stereocenters. The molecule has 1 amide bonds. The second kappa shape index (κ2) is 7.51. The van der Waals surface area contributed by atoms with Crippen molar-refractivity contribution >= 4 is 29.0 Å². The van der Waals surface area contributed by atoms with E-state index in [-0.39, 0.29) is 11.3 Å². The van der Waals surface area contributed by atoms with Crippen LogP contribution in [0, 0.1) is 0 Å². The van der Waals surface area contributed by atoms with Gasteiger partial charge >= 0.3 is 0 Å². The fraction of sp³-hybridized carbons (Fsp3) is 0.200. The largest absolute Gasteiger partial charge is 0.497 e. The first-order valence-corrected chi connectivity index (χ1v) is 10.3. The number of hydrogen-bond acceptors (Lipinski definition) is 5. The van der Waals surface area contributed by atoms with Crippen molar-refractivity contribution in [3.63, 3.8) is 0 Å². The van der Waals surface area contributed by atoms with Gasteiger partial charge in [0, 0.05) is 23.2 Å². The maximum Gasteiger partial charge on any atom is 0.274 e. The minimum absolute atomic E-state index is 0.000486. The number of hydrogen-bond donors (Lipinski definition) is 0. The van der Waals surface area contributed by atoms with Crippen LogP contribution in [0.5, 0.6) is 5.75 Å². The van der Waals surface area contributed by atoms with Crippen LogP contribution in [-0.4, -0.2) is 35.2 Å². The van der Waals surface area contributed by atoms with E-state index in [1.165, 1.54) is 11.3 Å². The smallest absolute Gasteiger partial charge is 0.274 e. The SMILES string of the molecule is COc1cccc(C2SCCN2C(=O)c2csc(-c3ccccc3)n2)c1. The Hall–Kier alpha value is -2.31. The monoisotopic (exact) mass is 382 g/mol. The molecule has 132 valence electrons. The van der Waals surface area contributed by atoms with E-state index in [1.807, 2.05) is 64.9 Å². The van der Waals surface area contributed by atoms with Gasteiger partial charge < -0.3 is 9.64 Å². The topological polar surface area (TPSA) is 42.4 Å². The summed E-state index contributed by atoms with van der Waals surface area (Å²) in [5.74, 6) is 1.72. The van der Waals surface area contributed by atoms with Gasteiger partial charge in [0.2, 0.25) is 0 Å². The van der Waals surface area contributed by atoms with Crippen LogP contribution in [0.4, 0.5) is 0 Å². The number of methoxy groups -OCH3 is 1. The van der Waals surface area contributed by atoms with Crippen molar-refractivity contribution in [1.29, 1.82) is 0 Å². The molecule has 1 unspecified atom stereocenters. The van der Waals surface area contributed by atoms with Crippen LogP contribution in [0.15, 0.2) is 60.0 Å². The van der Waals surface area contributed by atoms with E-state index in [9.17, 15) is 4.79 Å². The Morgan fingerprint density at radius 3 is 2.85 bits per heavy atom. The molecule has 1 aliphatic rings. The third-order valence-corrected chi connectivity index (χ3v) is 6.43. The molecule has 2 heterocycles. The van der Waals surface area contributed by atoms with Crippen molar-refractivity contribution < 1.29 is 9.53 Å². The van der Waals surface area contributed by atoms with Crippen molar-refractivity contribution in [3.8, 4) is 16.3 Å². The molecule has 6 heteroatoms. The summed E-state index contributed by atoms with van der Waals surface area (Å²) in [4.78, 5) is 19.5. The molecule has 0 aliphatic carbocycles. The summed E-state index contributed by atoms with van der Waals surface area (Å²) in [5.41, 5.74) is 2.64. The van der Waals surface area contributed by atoms with Gasteiger partial charge in [-0.05, 0) is 17.7 Å². The average molecular weight is 383 g/mol. The quantitative estimate of drug-likeness (QED) is 0.656. The molecule has 0 radical (unpaired) electrons. The van der Waals surface area contributed by atoms with Gasteiger partial charge in [-0.3, -0.25) is 4.79 Å². The van der Waals surface area contributed by atoms with Gasteiger partial charge in [0.15, 0.2) is 0 Å². The Labute approximate surface area is 160 Å². The molecule has 1 fully saturated rings. The highest BCUT2D eigenvalue weighted by molar-refractivity contribution is 7.99. The van der Waals surface area contributed by atoms with Gasteiger partial charge in [-0.2, -0.15) is 0 Å². The lowest BCUT2D eigenvalue weighted by molar-refractivity contribution is 0.0755. The minimum atomic E-state index is -0.0127. The highest BCUT2D eigenvalue weighted by Gasteiger charge is 2.32. The zero-order valence-electron chi connectivity index (χ0n) is 14.3. The second-order valence-corrected chi connectivity index (χ2v) is 7.95. The summed E-state index contributed by atoms with van der Waals surface area (Å²) in [6, 6.07) is 17.9. The number of ether oxygens (including phenoxy) is 1. The fourth-order valence-corrected chi connectivity index (χ4v) is 5.03. The standard InChI is InChI=1S/C20H18N2O2S2/c1-24-16-9-5-8-15(12-16)20-22(10-11-25-20)19(23)17-13-26-18(21-17)14-6-3-2-4-7-14/h2-9,12-13,20H,10-11H2,1H3. The van der Waals surface area contributed by atoms with E-state index in [4.69, 9.17) is 4.74 Å². The Balaban J connectivity index is 1.58. The fourth-order valence-electron chi connectivity index (χ4n) is 2.98. The van der Waals surface area contributed by atoms with E-state index in [1.54, 1.807) is 18.9 Å². The Kier molecular flexibility index (Phi) is 4.95. The normalized spacial score (nSPS) is 16.7. The van der Waals surface area contributed by atoms with Gasteiger partial charge in [0.25, 0.3) is 5.91 Å². The number of carbonyl (C=O) groups is 1. The summed E-state index contributed by atoms with van der Waals surface area (Å²) >= 11 is 3.28. The first-order valence-electron chi connectivity index (χ1n) is 8.34. The molecule has 26 heavy (non-hydrogen) atoms. The van der Waals surface area contributed by atoms with E-state index >= 15 is 0 Å². The number of nitrogens with zero attached hydrogens (tertiary/aromatic N) is 2. The van der Waals surface area contributed by atoms with Crippen molar-refractivity contribution in [2.75, 3.05) is 19.4 Å². The second-order valence-electron chi connectivity index (χ2n) is 5.90. The van der Waals surface area contributed by atoms with Crippen LogP contribution in [0.25, 0.3) is 10.6 Å². The molecule has 1 saturated heterocycles. The molecule has 4 rings (SSSR count). The third-order valence-electron chi connectivity index (χ3n) is 4.27. The number of carbonyl (C=O) groups excluding carboxylic acids is 1. The number of benzene rings is 2. The van der Waals surface area contributed by atoms with Crippen LogP contribution >= 0.6 is 23.1 Å². The van der Waals surface area contributed by atoms with Crippen molar-refractivity contribution in [1.82, 2.24) is 9.88 Å².